The van der Waals surface area contributed by atoms with Gasteiger partial charge in [-0.1, -0.05) is 6.42 Å². The molecule has 2 aromatic rings. The molecule has 0 aromatic carbocycles. The Morgan fingerprint density at radius 2 is 2.22 bits per heavy atom. The van der Waals surface area contributed by atoms with Gasteiger partial charge in [0.25, 0.3) is 0 Å². The molecule has 1 aliphatic rings. The first-order valence-corrected chi connectivity index (χ1v) is 8.54. The smallest absolute Gasteiger partial charge is 0.187 e. The van der Waals surface area contributed by atoms with Crippen molar-refractivity contribution in [1.82, 2.24) is 19.7 Å². The molecule has 0 radical (unpaired) electrons. The second kappa shape index (κ2) is 7.13. The number of aromatic nitrogens is 3. The third-order valence-electron chi connectivity index (χ3n) is 4.98. The van der Waals surface area contributed by atoms with E-state index in [2.05, 4.69) is 15.0 Å². The zero-order valence-corrected chi connectivity index (χ0v) is 14.1. The molecule has 1 unspecified atom stereocenters. The van der Waals surface area contributed by atoms with Gasteiger partial charge >= 0.3 is 0 Å². The Bertz CT molecular complexity index is 690. The molecule has 1 aliphatic heterocycles. The molecular weight excluding hydrogens is 288 g/mol. The van der Waals surface area contributed by atoms with E-state index in [4.69, 9.17) is 0 Å². The van der Waals surface area contributed by atoms with Crippen molar-refractivity contribution in [2.45, 2.75) is 58.7 Å². The van der Waals surface area contributed by atoms with Crippen LogP contribution in [0, 0.1) is 13.8 Å². The van der Waals surface area contributed by atoms with Crippen molar-refractivity contribution in [2.24, 2.45) is 0 Å². The molecule has 5 heteroatoms. The minimum Gasteiger partial charge on any atom is -0.363 e. The summed E-state index contributed by atoms with van der Waals surface area (Å²) in [5.41, 5.74) is 2.89. The number of H-pyrrole nitrogens is 1. The fourth-order valence-corrected chi connectivity index (χ4v) is 3.48. The van der Waals surface area contributed by atoms with E-state index in [0.717, 1.165) is 42.9 Å². The van der Waals surface area contributed by atoms with Crippen molar-refractivity contribution in [1.29, 1.82) is 0 Å². The first-order valence-electron chi connectivity index (χ1n) is 8.54. The average molecular weight is 314 g/mol. The van der Waals surface area contributed by atoms with Gasteiger partial charge in [0.15, 0.2) is 5.43 Å². The zero-order valence-electron chi connectivity index (χ0n) is 14.1. The molecule has 23 heavy (non-hydrogen) atoms. The SMILES string of the molecule is Cc1c[nH]c(CN2CCCCC2CCn2cccn2)c(C)c1=O. The van der Waals surface area contributed by atoms with Gasteiger partial charge in [-0.3, -0.25) is 14.4 Å². The van der Waals surface area contributed by atoms with Crippen LogP contribution in [0.25, 0.3) is 0 Å². The third kappa shape index (κ3) is 3.72. The third-order valence-corrected chi connectivity index (χ3v) is 4.98. The van der Waals surface area contributed by atoms with Crippen LogP contribution in [0.5, 0.6) is 0 Å². The second-order valence-electron chi connectivity index (χ2n) is 6.58. The van der Waals surface area contributed by atoms with Gasteiger partial charge in [-0.15, -0.1) is 0 Å². The van der Waals surface area contributed by atoms with Crippen LogP contribution in [-0.2, 0) is 13.1 Å². The Hall–Kier alpha value is -1.88. The largest absolute Gasteiger partial charge is 0.363 e. The summed E-state index contributed by atoms with van der Waals surface area (Å²) in [6, 6.07) is 2.54. The monoisotopic (exact) mass is 314 g/mol. The fourth-order valence-electron chi connectivity index (χ4n) is 3.48. The highest BCUT2D eigenvalue weighted by Gasteiger charge is 2.23. The van der Waals surface area contributed by atoms with E-state index in [1.54, 1.807) is 0 Å². The number of nitrogens with zero attached hydrogens (tertiary/aromatic N) is 3. The number of nitrogens with one attached hydrogen (secondary N) is 1. The van der Waals surface area contributed by atoms with E-state index in [-0.39, 0.29) is 5.43 Å². The summed E-state index contributed by atoms with van der Waals surface area (Å²) in [7, 11) is 0. The first kappa shape index (κ1) is 16.0. The van der Waals surface area contributed by atoms with Gasteiger partial charge < -0.3 is 4.98 Å². The number of rotatable bonds is 5. The highest BCUT2D eigenvalue weighted by atomic mass is 16.1. The quantitative estimate of drug-likeness (QED) is 0.923. The van der Waals surface area contributed by atoms with Crippen LogP contribution in [-0.4, -0.2) is 32.3 Å². The molecule has 0 amide bonds. The van der Waals surface area contributed by atoms with Gasteiger partial charge in [-0.05, 0) is 45.7 Å². The van der Waals surface area contributed by atoms with Crippen molar-refractivity contribution in [3.63, 3.8) is 0 Å². The number of hydrogen-bond acceptors (Lipinski definition) is 3. The van der Waals surface area contributed by atoms with Crippen molar-refractivity contribution < 1.29 is 0 Å². The Morgan fingerprint density at radius 3 is 3.00 bits per heavy atom. The number of pyridine rings is 1. The number of likely N-dealkylation sites (tertiary alicyclic amines) is 1. The summed E-state index contributed by atoms with van der Waals surface area (Å²) in [5.74, 6) is 0. The van der Waals surface area contributed by atoms with Crippen LogP contribution in [0.1, 0.15) is 42.5 Å². The minimum atomic E-state index is 0.170. The highest BCUT2D eigenvalue weighted by molar-refractivity contribution is 5.23. The van der Waals surface area contributed by atoms with Gasteiger partial charge in [0.05, 0.1) is 0 Å². The maximum absolute atomic E-state index is 12.1. The van der Waals surface area contributed by atoms with E-state index in [1.165, 1.54) is 19.3 Å². The number of piperidine rings is 1. The summed E-state index contributed by atoms with van der Waals surface area (Å²) in [6.07, 6.45) is 10.6. The standard InChI is InChI=1S/C18H26N4O/c1-14-12-19-17(15(2)18(14)23)13-21-9-4-3-6-16(21)7-11-22-10-5-8-20-22/h5,8,10,12,16H,3-4,6-7,9,11,13H2,1-2H3,(H,19,23). The summed E-state index contributed by atoms with van der Waals surface area (Å²) in [5, 5.41) is 4.30. The van der Waals surface area contributed by atoms with Crippen LogP contribution in [0.2, 0.25) is 0 Å². The Labute approximate surface area is 137 Å². The van der Waals surface area contributed by atoms with Crippen LogP contribution in [0.4, 0.5) is 0 Å². The maximum Gasteiger partial charge on any atom is 0.187 e. The van der Waals surface area contributed by atoms with Crippen molar-refractivity contribution in [3.05, 3.63) is 51.7 Å². The highest BCUT2D eigenvalue weighted by Crippen LogP contribution is 2.22. The zero-order chi connectivity index (χ0) is 16.2. The average Bonchev–Trinajstić information content (AvgIpc) is 3.08. The van der Waals surface area contributed by atoms with E-state index < -0.39 is 0 Å². The van der Waals surface area contributed by atoms with Gasteiger partial charge in [0.2, 0.25) is 0 Å². The lowest BCUT2D eigenvalue weighted by Gasteiger charge is -2.36. The fraction of sp³-hybridized carbons (Fsp3) is 0.556. The van der Waals surface area contributed by atoms with Crippen LogP contribution in [0.15, 0.2) is 29.5 Å². The molecule has 1 fully saturated rings. The number of aromatic amines is 1. The van der Waals surface area contributed by atoms with Crippen molar-refractivity contribution >= 4 is 0 Å². The normalized spacial score (nSPS) is 19.1. The van der Waals surface area contributed by atoms with Crippen LogP contribution >= 0.6 is 0 Å². The predicted molar refractivity (Wildman–Crippen MR) is 91.4 cm³/mol. The molecule has 0 bridgehead atoms. The Morgan fingerprint density at radius 1 is 1.35 bits per heavy atom. The summed E-state index contributed by atoms with van der Waals surface area (Å²) >= 11 is 0. The molecule has 0 saturated carbocycles. The van der Waals surface area contributed by atoms with Crippen LogP contribution in [0.3, 0.4) is 0 Å². The second-order valence-corrected chi connectivity index (χ2v) is 6.58. The molecule has 1 N–H and O–H groups in total. The van der Waals surface area contributed by atoms with Gasteiger partial charge in [-0.2, -0.15) is 5.10 Å². The van der Waals surface area contributed by atoms with Gasteiger partial charge in [0.1, 0.15) is 0 Å². The topological polar surface area (TPSA) is 53.9 Å². The van der Waals surface area contributed by atoms with E-state index in [1.807, 2.05) is 43.2 Å². The van der Waals surface area contributed by atoms with Gasteiger partial charge in [0, 0.05) is 54.5 Å². The maximum atomic E-state index is 12.1. The molecule has 2 aromatic heterocycles. The number of hydrogen-bond donors (Lipinski definition) is 1. The van der Waals surface area contributed by atoms with Gasteiger partial charge in [-0.25, -0.2) is 0 Å². The molecule has 1 saturated heterocycles. The molecule has 124 valence electrons. The Kier molecular flexibility index (Phi) is 4.96. The predicted octanol–water partition coefficient (Wildman–Crippen LogP) is 2.63. The van der Waals surface area contributed by atoms with Crippen LogP contribution < -0.4 is 5.43 Å². The summed E-state index contributed by atoms with van der Waals surface area (Å²) in [4.78, 5) is 18.0. The summed E-state index contributed by atoms with van der Waals surface area (Å²) < 4.78 is 2.01. The Balaban J connectivity index is 1.69. The first-order chi connectivity index (χ1) is 11.1. The molecule has 5 nitrogen and oxygen atoms in total. The molecule has 0 spiro atoms. The van der Waals surface area contributed by atoms with Crippen molar-refractivity contribution in [3.8, 4) is 0 Å². The molecule has 0 aliphatic carbocycles. The molecule has 3 heterocycles. The molecule has 3 rings (SSSR count). The lowest BCUT2D eigenvalue weighted by atomic mass is 9.98. The molecular formula is C18H26N4O. The minimum absolute atomic E-state index is 0.170. The lowest BCUT2D eigenvalue weighted by Crippen LogP contribution is -2.40. The lowest BCUT2D eigenvalue weighted by molar-refractivity contribution is 0.125. The van der Waals surface area contributed by atoms with E-state index in [0.29, 0.717) is 6.04 Å². The number of aryl methyl sites for hydroxylation is 2. The van der Waals surface area contributed by atoms with E-state index in [9.17, 15) is 4.79 Å². The van der Waals surface area contributed by atoms with Crippen molar-refractivity contribution in [2.75, 3.05) is 6.54 Å². The summed E-state index contributed by atoms with van der Waals surface area (Å²) in [6.45, 7) is 6.70. The van der Waals surface area contributed by atoms with E-state index >= 15 is 0 Å². The molecule has 1 atom stereocenters.